The second-order valence-corrected chi connectivity index (χ2v) is 7.55. The zero-order chi connectivity index (χ0) is 28.8. The van der Waals surface area contributed by atoms with Gasteiger partial charge in [0.05, 0.1) is 0 Å². The lowest BCUT2D eigenvalue weighted by Gasteiger charge is -1.89. The summed E-state index contributed by atoms with van der Waals surface area (Å²) in [6.07, 6.45) is 2.50. The van der Waals surface area contributed by atoms with Gasteiger partial charge in [-0.2, -0.15) is 0 Å². The summed E-state index contributed by atoms with van der Waals surface area (Å²) in [7, 11) is 0. The maximum Gasteiger partial charge on any atom is 0.115 e. The minimum Gasteiger partial charge on any atom is -0.508 e. The second-order valence-electron chi connectivity index (χ2n) is 7.55. The van der Waals surface area contributed by atoms with Crippen molar-refractivity contribution in [1.29, 1.82) is 0 Å². The highest BCUT2D eigenvalue weighted by Gasteiger charge is 1.83. The SMILES string of the molecule is C.C.C.C.C.C.C.C.C.C.CCC.CCC.CCO.CCO.Cc1ccc(O)cc1.Cc1ccc(O)cc1.Cc1ccc(O)cc1. The number of rotatable bonds is 0. The summed E-state index contributed by atoms with van der Waals surface area (Å²) in [4.78, 5) is 0. The van der Waals surface area contributed by atoms with Crippen molar-refractivity contribution in [3.8, 4) is 17.2 Å². The van der Waals surface area contributed by atoms with Crippen LogP contribution in [0.4, 0.5) is 0 Å². The molecule has 0 aromatic heterocycles. The van der Waals surface area contributed by atoms with Gasteiger partial charge in [0.15, 0.2) is 0 Å². The van der Waals surface area contributed by atoms with E-state index in [1.165, 1.54) is 29.5 Å². The molecule has 286 valence electrons. The molecule has 0 amide bonds. The zero-order valence-corrected chi connectivity index (χ0v) is 24.0. The molecule has 0 heterocycles. The lowest BCUT2D eigenvalue weighted by Crippen LogP contribution is -1.66. The maximum atomic E-state index is 8.76. The van der Waals surface area contributed by atoms with Gasteiger partial charge in [-0.15, -0.1) is 0 Å². The first-order valence-corrected chi connectivity index (χ1v) is 12.5. The van der Waals surface area contributed by atoms with Crippen LogP contribution in [0.15, 0.2) is 72.8 Å². The molecule has 3 aromatic carbocycles. The van der Waals surface area contributed by atoms with Gasteiger partial charge in [-0.05, 0) is 71.0 Å². The summed E-state index contributed by atoms with van der Waals surface area (Å²) in [6, 6.07) is 21.3. The fourth-order valence-electron chi connectivity index (χ4n) is 1.63. The van der Waals surface area contributed by atoms with Crippen molar-refractivity contribution < 1.29 is 25.5 Å². The average Bonchev–Trinajstić information content (AvgIpc) is 2.83. The third-order valence-corrected chi connectivity index (χ3v) is 3.10. The number of aryl methyl sites for hydroxylation is 3. The second kappa shape index (κ2) is 73.5. The molecule has 0 aliphatic carbocycles. The smallest absolute Gasteiger partial charge is 0.115 e. The third-order valence-electron chi connectivity index (χ3n) is 3.10. The van der Waals surface area contributed by atoms with E-state index in [4.69, 9.17) is 25.5 Å². The molecule has 0 bridgehead atoms. The maximum absolute atomic E-state index is 8.76. The van der Waals surface area contributed by atoms with Gasteiger partial charge in [0, 0.05) is 13.2 Å². The molecular weight excluding hydrogens is 572 g/mol. The molecule has 0 aliphatic heterocycles. The summed E-state index contributed by atoms with van der Waals surface area (Å²) in [5, 5.41) is 41.4. The molecule has 0 radical (unpaired) electrons. The van der Waals surface area contributed by atoms with E-state index in [9.17, 15) is 0 Å². The fourth-order valence-corrected chi connectivity index (χ4v) is 1.63. The summed E-state index contributed by atoms with van der Waals surface area (Å²) in [5.41, 5.74) is 3.51. The highest BCUT2D eigenvalue weighted by Crippen LogP contribution is 2.08. The van der Waals surface area contributed by atoms with Crippen LogP contribution in [0.1, 0.15) is 145 Å². The number of hydrogen-bond acceptors (Lipinski definition) is 5. The predicted molar refractivity (Wildman–Crippen MR) is 223 cm³/mol. The first kappa shape index (κ1) is 90.2. The van der Waals surface area contributed by atoms with Crippen LogP contribution in [0.25, 0.3) is 0 Å². The summed E-state index contributed by atoms with van der Waals surface area (Å²) < 4.78 is 0. The molecule has 0 fully saturated rings. The van der Waals surface area contributed by atoms with Crippen molar-refractivity contribution in [3.63, 3.8) is 0 Å². The highest BCUT2D eigenvalue weighted by atomic mass is 16.3. The van der Waals surface area contributed by atoms with Gasteiger partial charge in [0.2, 0.25) is 0 Å². The Hall–Kier alpha value is -3.02. The van der Waals surface area contributed by atoms with Crippen molar-refractivity contribution in [3.05, 3.63) is 89.5 Å². The standard InChI is InChI=1S/3C7H8O.2C3H8.2C2H6O.10CH4/c3*1-6-2-4-7(8)5-3-6;2*1-3-2;2*1-2-3;;;;;;;;;;/h3*2-5,8H,1H3;2*3H2,1-2H3;2*3H,2H2,1H3;10*1H4. The van der Waals surface area contributed by atoms with Crippen molar-refractivity contribution in [2.24, 2.45) is 0 Å². The predicted octanol–water partition coefficient (Wildman–Crippen LogP) is 14.3. The van der Waals surface area contributed by atoms with Crippen LogP contribution in [0.3, 0.4) is 0 Å². The molecule has 46 heavy (non-hydrogen) atoms. The van der Waals surface area contributed by atoms with E-state index in [1.54, 1.807) is 50.2 Å². The van der Waals surface area contributed by atoms with Crippen molar-refractivity contribution in [1.82, 2.24) is 0 Å². The van der Waals surface area contributed by atoms with E-state index in [0.29, 0.717) is 17.2 Å². The summed E-state index contributed by atoms with van der Waals surface area (Å²) in [5.74, 6) is 0.988. The zero-order valence-electron chi connectivity index (χ0n) is 24.0. The third kappa shape index (κ3) is 90.0. The van der Waals surface area contributed by atoms with Gasteiger partial charge in [-0.3, -0.25) is 0 Å². The summed E-state index contributed by atoms with van der Waals surface area (Å²) in [6.45, 7) is 18.3. The largest absolute Gasteiger partial charge is 0.508 e. The minimum absolute atomic E-state index is 0. The number of aliphatic hydroxyl groups is 2. The topological polar surface area (TPSA) is 101 Å². The molecule has 0 spiro atoms. The van der Waals surface area contributed by atoms with E-state index in [-0.39, 0.29) is 87.5 Å². The molecule has 5 nitrogen and oxygen atoms in total. The Bertz CT molecular complexity index is 595. The Morgan fingerprint density at radius 1 is 0.326 bits per heavy atom. The van der Waals surface area contributed by atoms with Gasteiger partial charge >= 0.3 is 0 Å². The molecule has 5 heteroatoms. The van der Waals surface area contributed by atoms with Crippen LogP contribution < -0.4 is 0 Å². The van der Waals surface area contributed by atoms with Crippen molar-refractivity contribution in [2.75, 3.05) is 13.2 Å². The molecule has 3 rings (SSSR count). The Kier molecular flexibility index (Phi) is 144. The number of phenolic OH excluding ortho intramolecular Hbond substituents is 3. The lowest BCUT2D eigenvalue weighted by atomic mass is 10.2. The Balaban J connectivity index is -0.0000000218. The first-order chi connectivity index (χ1) is 17.0. The number of hydrogen-bond donors (Lipinski definition) is 5. The van der Waals surface area contributed by atoms with Gasteiger partial charge in [-0.1, -0.05) is 168 Å². The molecule has 0 saturated heterocycles. The fraction of sp³-hybridized carbons (Fsp3) is 0.561. The number of benzene rings is 3. The van der Waals surface area contributed by atoms with Crippen LogP contribution in [0.2, 0.25) is 0 Å². The van der Waals surface area contributed by atoms with E-state index in [1.807, 2.05) is 57.2 Å². The molecule has 0 aliphatic rings. The minimum atomic E-state index is 0. The monoisotopic (exact) mass is 665 g/mol. The summed E-state index contributed by atoms with van der Waals surface area (Å²) >= 11 is 0. The Morgan fingerprint density at radius 2 is 0.413 bits per heavy atom. The van der Waals surface area contributed by atoms with Crippen LogP contribution in [-0.4, -0.2) is 38.7 Å². The molecule has 3 aromatic rings. The van der Waals surface area contributed by atoms with Gasteiger partial charge < -0.3 is 25.5 Å². The number of aliphatic hydroxyl groups excluding tert-OH is 2. The van der Waals surface area contributed by atoms with Gasteiger partial charge in [-0.25, -0.2) is 0 Å². The average molecular weight is 665 g/mol. The van der Waals surface area contributed by atoms with Crippen LogP contribution in [-0.2, 0) is 0 Å². The van der Waals surface area contributed by atoms with Crippen molar-refractivity contribution in [2.45, 2.75) is 149 Å². The van der Waals surface area contributed by atoms with E-state index in [0.717, 1.165) is 0 Å². The first-order valence-electron chi connectivity index (χ1n) is 12.5. The molecule has 0 saturated carbocycles. The van der Waals surface area contributed by atoms with E-state index >= 15 is 0 Å². The Morgan fingerprint density at radius 3 is 0.478 bits per heavy atom. The van der Waals surface area contributed by atoms with Crippen LogP contribution >= 0.6 is 0 Å². The lowest BCUT2D eigenvalue weighted by molar-refractivity contribution is 0.318. The van der Waals surface area contributed by atoms with Crippen LogP contribution in [0, 0.1) is 20.8 Å². The van der Waals surface area contributed by atoms with Gasteiger partial charge in [0.1, 0.15) is 17.2 Å². The van der Waals surface area contributed by atoms with E-state index < -0.39 is 0 Å². The van der Waals surface area contributed by atoms with E-state index in [2.05, 4.69) is 27.7 Å². The van der Waals surface area contributed by atoms with Crippen molar-refractivity contribution >= 4 is 0 Å². The number of phenols is 3. The molecule has 0 unspecified atom stereocenters. The molecular formula is C41H92O5. The molecule has 0 atom stereocenters. The molecule has 5 N–H and O–H groups in total. The normalized spacial score (nSPS) is 6.33. The number of aromatic hydroxyl groups is 3. The quantitative estimate of drug-likeness (QED) is 0.165. The highest BCUT2D eigenvalue weighted by molar-refractivity contribution is 5.25. The Labute approximate surface area is 294 Å². The van der Waals surface area contributed by atoms with Crippen LogP contribution in [0.5, 0.6) is 17.2 Å². The van der Waals surface area contributed by atoms with Gasteiger partial charge in [0.25, 0.3) is 0 Å².